The third-order valence-corrected chi connectivity index (χ3v) is 2.67. The quantitative estimate of drug-likeness (QED) is 0.614. The fraction of sp³-hybridized carbons (Fsp3) is 0.900. The van der Waals surface area contributed by atoms with Crippen LogP contribution in [0.2, 0.25) is 0 Å². The fourth-order valence-electron chi connectivity index (χ4n) is 1.73. The highest BCUT2D eigenvalue weighted by Gasteiger charge is 2.26. The average Bonchev–Trinajstić information content (AvgIpc) is 2.36. The lowest BCUT2D eigenvalue weighted by Crippen LogP contribution is -2.48. The summed E-state index contributed by atoms with van der Waals surface area (Å²) in [5.41, 5.74) is 0. The summed E-state index contributed by atoms with van der Waals surface area (Å²) in [5.74, 6) is -0.0474. The zero-order chi connectivity index (χ0) is 11.3. The molecule has 2 N–H and O–H groups in total. The molecule has 0 radical (unpaired) electrons. The average molecular weight is 215 g/mol. The molecule has 0 aromatic carbocycles. The number of aliphatic hydroxyl groups is 1. The fourth-order valence-corrected chi connectivity index (χ4v) is 1.73. The van der Waals surface area contributed by atoms with Crippen LogP contribution in [0.4, 0.5) is 0 Å². The number of aliphatic hydroxyl groups excluding tert-OH is 1. The third-order valence-electron chi connectivity index (χ3n) is 2.67. The van der Waals surface area contributed by atoms with Gasteiger partial charge in [-0.05, 0) is 20.5 Å². The van der Waals surface area contributed by atoms with Crippen molar-refractivity contribution < 1.29 is 9.90 Å². The Morgan fingerprint density at radius 3 is 2.93 bits per heavy atom. The minimum absolute atomic E-state index is 0.0474. The minimum Gasteiger partial charge on any atom is -0.394 e. The second-order valence-electron chi connectivity index (χ2n) is 4.18. The number of hydrogen-bond acceptors (Lipinski definition) is 4. The Morgan fingerprint density at radius 1 is 1.60 bits per heavy atom. The van der Waals surface area contributed by atoms with E-state index in [-0.39, 0.29) is 18.6 Å². The number of hydrogen-bond donors (Lipinski definition) is 2. The van der Waals surface area contributed by atoms with Gasteiger partial charge in [-0.2, -0.15) is 0 Å². The van der Waals surface area contributed by atoms with E-state index in [1.54, 1.807) is 0 Å². The molecule has 1 amide bonds. The van der Waals surface area contributed by atoms with Crippen molar-refractivity contribution in [3.8, 4) is 0 Å². The Bertz CT molecular complexity index is 209. The van der Waals surface area contributed by atoms with Gasteiger partial charge in [-0.15, -0.1) is 0 Å². The number of likely N-dealkylation sites (N-methyl/N-ethyl adjacent to an activating group) is 1. The maximum atomic E-state index is 11.6. The van der Waals surface area contributed by atoms with Crippen LogP contribution in [-0.2, 0) is 4.79 Å². The molecule has 0 saturated carbocycles. The summed E-state index contributed by atoms with van der Waals surface area (Å²) < 4.78 is 0. The van der Waals surface area contributed by atoms with Gasteiger partial charge in [0.2, 0.25) is 5.91 Å². The summed E-state index contributed by atoms with van der Waals surface area (Å²) in [6.45, 7) is 3.22. The van der Waals surface area contributed by atoms with Gasteiger partial charge < -0.3 is 15.3 Å². The summed E-state index contributed by atoms with van der Waals surface area (Å²) in [7, 11) is 4.01. The van der Waals surface area contributed by atoms with Crippen molar-refractivity contribution in [2.75, 3.05) is 46.9 Å². The summed E-state index contributed by atoms with van der Waals surface area (Å²) in [4.78, 5) is 15.7. The van der Waals surface area contributed by atoms with Gasteiger partial charge in [0.25, 0.3) is 0 Å². The monoisotopic (exact) mass is 215 g/mol. The van der Waals surface area contributed by atoms with E-state index < -0.39 is 0 Å². The molecule has 1 rings (SSSR count). The SMILES string of the molecule is CN(C)CCN1CCCNC(=O)C1CO. The van der Waals surface area contributed by atoms with Gasteiger partial charge in [-0.25, -0.2) is 0 Å². The molecule has 0 bridgehead atoms. The summed E-state index contributed by atoms with van der Waals surface area (Å²) in [5, 5.41) is 12.0. The van der Waals surface area contributed by atoms with E-state index >= 15 is 0 Å². The molecule has 5 heteroatoms. The second-order valence-corrected chi connectivity index (χ2v) is 4.18. The molecule has 1 fully saturated rings. The Morgan fingerprint density at radius 2 is 2.33 bits per heavy atom. The lowest BCUT2D eigenvalue weighted by molar-refractivity contribution is -0.126. The van der Waals surface area contributed by atoms with Crippen LogP contribution in [0.1, 0.15) is 6.42 Å². The summed E-state index contributed by atoms with van der Waals surface area (Å²) in [6, 6.07) is -0.368. The largest absolute Gasteiger partial charge is 0.394 e. The molecule has 1 unspecified atom stereocenters. The zero-order valence-electron chi connectivity index (χ0n) is 9.57. The van der Waals surface area contributed by atoms with Gasteiger partial charge in [-0.3, -0.25) is 9.69 Å². The van der Waals surface area contributed by atoms with Crippen LogP contribution in [0, 0.1) is 0 Å². The zero-order valence-corrected chi connectivity index (χ0v) is 9.57. The first-order valence-electron chi connectivity index (χ1n) is 5.42. The van der Waals surface area contributed by atoms with Crippen molar-refractivity contribution in [2.24, 2.45) is 0 Å². The molecule has 0 aliphatic carbocycles. The molecular formula is C10H21N3O2. The smallest absolute Gasteiger partial charge is 0.239 e. The standard InChI is InChI=1S/C10H21N3O2/c1-12(2)6-7-13-5-3-4-11-10(15)9(13)8-14/h9,14H,3-8H2,1-2H3,(H,11,15). The van der Waals surface area contributed by atoms with Crippen LogP contribution in [0.5, 0.6) is 0 Å². The molecule has 0 spiro atoms. The number of rotatable bonds is 4. The Kier molecular flexibility index (Phi) is 5.01. The molecular weight excluding hydrogens is 194 g/mol. The molecule has 0 aromatic heterocycles. The molecule has 88 valence electrons. The Balaban J connectivity index is 2.52. The van der Waals surface area contributed by atoms with E-state index in [4.69, 9.17) is 0 Å². The lowest BCUT2D eigenvalue weighted by atomic mass is 10.2. The van der Waals surface area contributed by atoms with Crippen molar-refractivity contribution in [1.82, 2.24) is 15.1 Å². The summed E-state index contributed by atoms with van der Waals surface area (Å²) in [6.07, 6.45) is 0.954. The highest BCUT2D eigenvalue weighted by molar-refractivity contribution is 5.82. The van der Waals surface area contributed by atoms with E-state index in [2.05, 4.69) is 15.1 Å². The number of amides is 1. The molecule has 1 aliphatic rings. The topological polar surface area (TPSA) is 55.8 Å². The van der Waals surface area contributed by atoms with Gasteiger partial charge in [0.15, 0.2) is 0 Å². The van der Waals surface area contributed by atoms with E-state index in [1.807, 2.05) is 14.1 Å². The summed E-state index contributed by atoms with van der Waals surface area (Å²) >= 11 is 0. The molecule has 1 aliphatic heterocycles. The van der Waals surface area contributed by atoms with Gasteiger partial charge in [0.1, 0.15) is 6.04 Å². The number of carbonyl (C=O) groups excluding carboxylic acids is 1. The van der Waals surface area contributed by atoms with Crippen molar-refractivity contribution in [1.29, 1.82) is 0 Å². The highest BCUT2D eigenvalue weighted by atomic mass is 16.3. The molecule has 1 saturated heterocycles. The van der Waals surface area contributed by atoms with E-state index in [9.17, 15) is 9.90 Å². The predicted octanol–water partition coefficient (Wildman–Crippen LogP) is -1.27. The molecule has 1 heterocycles. The Hall–Kier alpha value is -0.650. The first kappa shape index (κ1) is 12.4. The number of nitrogens with zero attached hydrogens (tertiary/aromatic N) is 2. The third kappa shape index (κ3) is 3.77. The number of nitrogens with one attached hydrogen (secondary N) is 1. The second kappa shape index (κ2) is 6.05. The van der Waals surface area contributed by atoms with Crippen LogP contribution >= 0.6 is 0 Å². The molecule has 1 atom stereocenters. The van der Waals surface area contributed by atoms with Crippen molar-refractivity contribution in [3.05, 3.63) is 0 Å². The first-order chi connectivity index (χ1) is 7.15. The van der Waals surface area contributed by atoms with Crippen LogP contribution < -0.4 is 5.32 Å². The van der Waals surface area contributed by atoms with E-state index in [0.717, 1.165) is 26.1 Å². The van der Waals surface area contributed by atoms with Crippen molar-refractivity contribution >= 4 is 5.91 Å². The Labute approximate surface area is 91.0 Å². The lowest BCUT2D eigenvalue weighted by Gasteiger charge is -2.27. The van der Waals surface area contributed by atoms with Crippen LogP contribution in [0.3, 0.4) is 0 Å². The van der Waals surface area contributed by atoms with Crippen LogP contribution in [0.15, 0.2) is 0 Å². The predicted molar refractivity (Wildman–Crippen MR) is 58.6 cm³/mol. The van der Waals surface area contributed by atoms with E-state index in [1.165, 1.54) is 0 Å². The van der Waals surface area contributed by atoms with Gasteiger partial charge in [0.05, 0.1) is 6.61 Å². The van der Waals surface area contributed by atoms with Gasteiger partial charge >= 0.3 is 0 Å². The maximum absolute atomic E-state index is 11.6. The van der Waals surface area contributed by atoms with Crippen molar-refractivity contribution in [2.45, 2.75) is 12.5 Å². The maximum Gasteiger partial charge on any atom is 0.239 e. The minimum atomic E-state index is -0.368. The van der Waals surface area contributed by atoms with Gasteiger partial charge in [-0.1, -0.05) is 0 Å². The highest BCUT2D eigenvalue weighted by Crippen LogP contribution is 2.04. The molecule has 5 nitrogen and oxygen atoms in total. The number of carbonyl (C=O) groups is 1. The van der Waals surface area contributed by atoms with Gasteiger partial charge in [0, 0.05) is 26.2 Å². The molecule has 0 aromatic rings. The van der Waals surface area contributed by atoms with Crippen molar-refractivity contribution in [3.63, 3.8) is 0 Å². The van der Waals surface area contributed by atoms with Crippen LogP contribution in [0.25, 0.3) is 0 Å². The first-order valence-corrected chi connectivity index (χ1v) is 5.42. The van der Waals surface area contributed by atoms with E-state index in [0.29, 0.717) is 6.54 Å². The molecule has 15 heavy (non-hydrogen) atoms. The normalized spacial score (nSPS) is 24.0. The van der Waals surface area contributed by atoms with Crippen LogP contribution in [-0.4, -0.2) is 73.7 Å².